The summed E-state index contributed by atoms with van der Waals surface area (Å²) in [4.78, 5) is 7.55. The van der Waals surface area contributed by atoms with Crippen molar-refractivity contribution in [3.63, 3.8) is 0 Å². The smallest absolute Gasteiger partial charge is 0.214 e. The summed E-state index contributed by atoms with van der Waals surface area (Å²) in [6.07, 6.45) is 11.4. The van der Waals surface area contributed by atoms with Gasteiger partial charge in [0.25, 0.3) is 0 Å². The number of nitrogens with one attached hydrogen (secondary N) is 2. The van der Waals surface area contributed by atoms with Crippen molar-refractivity contribution in [2.75, 3.05) is 6.54 Å². The molecule has 144 valence electrons. The minimum absolute atomic E-state index is 0.157. The number of aromatic nitrogens is 5. The van der Waals surface area contributed by atoms with Gasteiger partial charge in [0.05, 0.1) is 17.0 Å². The largest absolute Gasteiger partial charge is 0.345 e. The minimum Gasteiger partial charge on any atom is -0.345 e. The van der Waals surface area contributed by atoms with E-state index in [4.69, 9.17) is 0 Å². The SMILES string of the molecule is O=S(=O)(NCCC1(c2nnc3cnc4[nH]ccc4n23)CCCCC1)C1CC1. The third kappa shape index (κ3) is 2.93. The Morgan fingerprint density at radius 1 is 1.22 bits per heavy atom. The highest BCUT2D eigenvalue weighted by Gasteiger charge is 2.40. The number of hydrogen-bond acceptors (Lipinski definition) is 5. The maximum Gasteiger partial charge on any atom is 0.214 e. The summed E-state index contributed by atoms with van der Waals surface area (Å²) in [5.74, 6) is 0.940. The van der Waals surface area contributed by atoms with Gasteiger partial charge in [-0.25, -0.2) is 18.1 Å². The number of H-pyrrole nitrogens is 1. The molecule has 9 heteroatoms. The van der Waals surface area contributed by atoms with Crippen LogP contribution in [0.4, 0.5) is 0 Å². The molecule has 0 unspecified atom stereocenters. The first-order valence-electron chi connectivity index (χ1n) is 9.75. The Morgan fingerprint density at radius 3 is 2.81 bits per heavy atom. The van der Waals surface area contributed by atoms with E-state index in [-0.39, 0.29) is 10.7 Å². The highest BCUT2D eigenvalue weighted by atomic mass is 32.2. The fourth-order valence-corrected chi connectivity index (χ4v) is 5.84. The summed E-state index contributed by atoms with van der Waals surface area (Å²) in [7, 11) is -3.16. The van der Waals surface area contributed by atoms with E-state index < -0.39 is 10.0 Å². The van der Waals surface area contributed by atoms with Crippen LogP contribution in [0.25, 0.3) is 16.8 Å². The Hall–Kier alpha value is -2.00. The first-order chi connectivity index (χ1) is 13.1. The van der Waals surface area contributed by atoms with Gasteiger partial charge in [0.2, 0.25) is 10.0 Å². The molecule has 0 aromatic carbocycles. The summed E-state index contributed by atoms with van der Waals surface area (Å²) in [5.41, 5.74) is 2.36. The Kier molecular flexibility index (Phi) is 3.98. The van der Waals surface area contributed by atoms with Crippen LogP contribution in [0, 0.1) is 0 Å². The number of fused-ring (bicyclic) bond motifs is 3. The van der Waals surface area contributed by atoms with Gasteiger partial charge >= 0.3 is 0 Å². The predicted octanol–water partition coefficient (Wildman–Crippen LogP) is 2.28. The molecule has 3 aromatic heterocycles. The fraction of sp³-hybridized carbons (Fsp3) is 0.611. The normalized spacial score (nSPS) is 20.4. The van der Waals surface area contributed by atoms with Crippen LogP contribution in [0.1, 0.15) is 57.2 Å². The van der Waals surface area contributed by atoms with E-state index in [9.17, 15) is 8.42 Å². The maximum atomic E-state index is 12.2. The van der Waals surface area contributed by atoms with Crippen LogP contribution in [0.3, 0.4) is 0 Å². The zero-order chi connectivity index (χ0) is 18.5. The summed E-state index contributed by atoms with van der Waals surface area (Å²) < 4.78 is 29.4. The molecule has 2 aliphatic carbocycles. The lowest BCUT2D eigenvalue weighted by molar-refractivity contribution is 0.259. The lowest BCUT2D eigenvalue weighted by Crippen LogP contribution is -2.37. The fourth-order valence-electron chi connectivity index (χ4n) is 4.46. The molecule has 0 radical (unpaired) electrons. The lowest BCUT2D eigenvalue weighted by atomic mass is 9.71. The standard InChI is InChI=1S/C18H24N6O2S/c25-27(26,13-4-5-13)21-11-9-18(7-2-1-3-8-18)17-23-22-15-12-20-16-14(24(15)17)6-10-19-16/h6,10,12-13,19,21H,1-5,7-9,11H2. The average Bonchev–Trinajstić information content (AvgIpc) is 3.27. The molecule has 27 heavy (non-hydrogen) atoms. The second-order valence-corrected chi connectivity index (χ2v) is 9.96. The third-order valence-corrected chi connectivity index (χ3v) is 8.05. The van der Waals surface area contributed by atoms with Crippen molar-refractivity contribution >= 4 is 26.8 Å². The molecular weight excluding hydrogens is 364 g/mol. The first-order valence-corrected chi connectivity index (χ1v) is 11.3. The molecular formula is C18H24N6O2S. The Balaban J connectivity index is 1.51. The van der Waals surface area contributed by atoms with Crippen molar-refractivity contribution in [2.45, 2.75) is 62.0 Å². The van der Waals surface area contributed by atoms with Crippen molar-refractivity contribution in [3.8, 4) is 0 Å². The number of rotatable bonds is 6. The summed E-state index contributed by atoms with van der Waals surface area (Å²) in [6, 6.07) is 1.99. The maximum absolute atomic E-state index is 12.2. The molecule has 3 heterocycles. The van der Waals surface area contributed by atoms with E-state index in [1.54, 1.807) is 6.20 Å². The van der Waals surface area contributed by atoms with E-state index in [0.717, 1.165) is 67.6 Å². The Morgan fingerprint density at radius 2 is 2.04 bits per heavy atom. The van der Waals surface area contributed by atoms with Gasteiger partial charge < -0.3 is 4.98 Å². The molecule has 2 aliphatic rings. The van der Waals surface area contributed by atoms with E-state index >= 15 is 0 Å². The Bertz CT molecular complexity index is 1080. The van der Waals surface area contributed by atoms with Crippen LogP contribution in [0.5, 0.6) is 0 Å². The highest BCUT2D eigenvalue weighted by Crippen LogP contribution is 2.42. The zero-order valence-corrected chi connectivity index (χ0v) is 16.0. The summed E-state index contributed by atoms with van der Waals surface area (Å²) >= 11 is 0. The number of hydrogen-bond donors (Lipinski definition) is 2. The van der Waals surface area contributed by atoms with Crippen molar-refractivity contribution in [3.05, 3.63) is 24.3 Å². The van der Waals surface area contributed by atoms with Gasteiger partial charge in [-0.2, -0.15) is 0 Å². The Labute approximate surface area is 157 Å². The van der Waals surface area contributed by atoms with Gasteiger partial charge in [-0.15, -0.1) is 10.2 Å². The van der Waals surface area contributed by atoms with Crippen molar-refractivity contribution in [1.82, 2.24) is 29.3 Å². The van der Waals surface area contributed by atoms with Crippen molar-refractivity contribution in [1.29, 1.82) is 0 Å². The summed E-state index contributed by atoms with van der Waals surface area (Å²) in [5, 5.41) is 8.75. The van der Waals surface area contributed by atoms with E-state index in [0.29, 0.717) is 6.54 Å². The van der Waals surface area contributed by atoms with Crippen LogP contribution in [-0.2, 0) is 15.4 Å². The first kappa shape index (κ1) is 17.1. The lowest BCUT2D eigenvalue weighted by Gasteiger charge is -2.36. The van der Waals surface area contributed by atoms with Gasteiger partial charge in [-0.05, 0) is 38.2 Å². The monoisotopic (exact) mass is 388 g/mol. The van der Waals surface area contributed by atoms with Crippen LogP contribution in [0.15, 0.2) is 18.5 Å². The van der Waals surface area contributed by atoms with Gasteiger partial charge in [0.15, 0.2) is 11.3 Å². The number of nitrogens with zero attached hydrogens (tertiary/aromatic N) is 4. The van der Waals surface area contributed by atoms with E-state index in [2.05, 4.69) is 29.3 Å². The number of sulfonamides is 1. The van der Waals surface area contributed by atoms with Crippen LogP contribution in [-0.4, -0.2) is 44.8 Å². The molecule has 0 atom stereocenters. The minimum atomic E-state index is -3.16. The van der Waals surface area contributed by atoms with Gasteiger partial charge in [0.1, 0.15) is 5.82 Å². The molecule has 2 fully saturated rings. The molecule has 0 saturated heterocycles. The molecule has 8 nitrogen and oxygen atoms in total. The van der Waals surface area contributed by atoms with Crippen LogP contribution >= 0.6 is 0 Å². The average molecular weight is 388 g/mol. The van der Waals surface area contributed by atoms with E-state index in [1.807, 2.05) is 12.3 Å². The molecule has 2 N–H and O–H groups in total. The van der Waals surface area contributed by atoms with Crippen LogP contribution in [0.2, 0.25) is 0 Å². The van der Waals surface area contributed by atoms with Gasteiger partial charge in [0, 0.05) is 18.2 Å². The third-order valence-electron chi connectivity index (χ3n) is 6.10. The molecule has 0 bridgehead atoms. The quantitative estimate of drug-likeness (QED) is 0.674. The van der Waals surface area contributed by atoms with Gasteiger partial charge in [-0.1, -0.05) is 19.3 Å². The second-order valence-electron chi connectivity index (χ2n) is 7.92. The molecule has 0 aliphatic heterocycles. The second kappa shape index (κ2) is 6.27. The van der Waals surface area contributed by atoms with Crippen LogP contribution < -0.4 is 4.72 Å². The topological polar surface area (TPSA) is 105 Å². The molecule has 3 aromatic rings. The predicted molar refractivity (Wildman–Crippen MR) is 102 cm³/mol. The molecule has 0 amide bonds. The van der Waals surface area contributed by atoms with Crippen molar-refractivity contribution < 1.29 is 8.42 Å². The molecule has 5 rings (SSSR count). The van der Waals surface area contributed by atoms with Crippen molar-refractivity contribution in [2.24, 2.45) is 0 Å². The molecule has 0 spiro atoms. The number of aromatic amines is 1. The summed E-state index contributed by atoms with van der Waals surface area (Å²) in [6.45, 7) is 0.453. The zero-order valence-electron chi connectivity index (χ0n) is 15.2. The molecule has 2 saturated carbocycles. The highest BCUT2D eigenvalue weighted by molar-refractivity contribution is 7.90. The van der Waals surface area contributed by atoms with Gasteiger partial charge in [-0.3, -0.25) is 4.40 Å². The van der Waals surface area contributed by atoms with E-state index in [1.165, 1.54) is 6.42 Å².